The maximum Gasteiger partial charge on any atom is 0.270 e. The maximum atomic E-state index is 12.9. The number of allylic oxidation sites excluding steroid dienone is 2. The van der Waals surface area contributed by atoms with E-state index in [0.29, 0.717) is 5.69 Å². The predicted molar refractivity (Wildman–Crippen MR) is 117 cm³/mol. The number of carbonyl (C=O) groups is 2. The summed E-state index contributed by atoms with van der Waals surface area (Å²) in [7, 11) is 3.96. The van der Waals surface area contributed by atoms with E-state index in [9.17, 15) is 9.59 Å². The van der Waals surface area contributed by atoms with Gasteiger partial charge in [-0.1, -0.05) is 42.5 Å². The van der Waals surface area contributed by atoms with Crippen LogP contribution in [0.4, 0.5) is 11.4 Å². The van der Waals surface area contributed by atoms with Gasteiger partial charge in [0.15, 0.2) is 5.11 Å². The second-order valence-corrected chi connectivity index (χ2v) is 7.00. The van der Waals surface area contributed by atoms with E-state index in [1.807, 2.05) is 74.5 Å². The summed E-state index contributed by atoms with van der Waals surface area (Å²) in [6, 6.07) is 15.4. The zero-order valence-electron chi connectivity index (χ0n) is 16.0. The van der Waals surface area contributed by atoms with Crippen LogP contribution in [0.3, 0.4) is 0 Å². The molecule has 3 rings (SSSR count). The molecular weight excluding hydrogens is 370 g/mol. The summed E-state index contributed by atoms with van der Waals surface area (Å²) >= 11 is 5.22. The minimum atomic E-state index is -0.493. The first kappa shape index (κ1) is 19.5. The fraction of sp³-hybridized carbons (Fsp3) is 0.136. The Morgan fingerprint density at radius 3 is 2.36 bits per heavy atom. The van der Waals surface area contributed by atoms with Crippen molar-refractivity contribution in [2.45, 2.75) is 6.92 Å². The smallest absolute Gasteiger partial charge is 0.270 e. The van der Waals surface area contributed by atoms with Crippen LogP contribution in [0.1, 0.15) is 11.1 Å². The van der Waals surface area contributed by atoms with E-state index in [1.165, 1.54) is 11.0 Å². The molecule has 2 amide bonds. The van der Waals surface area contributed by atoms with Crippen molar-refractivity contribution in [2.24, 2.45) is 0 Å². The number of hydrogen-bond donors (Lipinski definition) is 1. The first-order valence-electron chi connectivity index (χ1n) is 8.79. The first-order chi connectivity index (χ1) is 13.4. The number of carbonyl (C=O) groups excluding carboxylic acids is 2. The van der Waals surface area contributed by atoms with Gasteiger partial charge in [-0.3, -0.25) is 19.8 Å². The van der Waals surface area contributed by atoms with Gasteiger partial charge in [-0.15, -0.1) is 0 Å². The number of thiocarbonyl (C=S) groups is 1. The van der Waals surface area contributed by atoms with E-state index in [2.05, 4.69) is 5.32 Å². The molecule has 1 heterocycles. The number of nitrogens with one attached hydrogen (secondary N) is 1. The Labute approximate surface area is 170 Å². The number of rotatable bonds is 4. The van der Waals surface area contributed by atoms with E-state index in [0.717, 1.165) is 16.8 Å². The predicted octanol–water partition coefficient (Wildman–Crippen LogP) is 3.45. The van der Waals surface area contributed by atoms with Gasteiger partial charge in [0.25, 0.3) is 11.8 Å². The Morgan fingerprint density at radius 1 is 1.04 bits per heavy atom. The molecule has 2 aromatic rings. The minimum Gasteiger partial charge on any atom is -0.378 e. The number of para-hydroxylation sites is 1. The monoisotopic (exact) mass is 391 g/mol. The summed E-state index contributed by atoms with van der Waals surface area (Å²) in [4.78, 5) is 28.6. The molecule has 1 aliphatic heterocycles. The van der Waals surface area contributed by atoms with Crippen molar-refractivity contribution in [1.29, 1.82) is 0 Å². The number of benzene rings is 2. The summed E-state index contributed by atoms with van der Waals surface area (Å²) in [5.41, 5.74) is 3.66. The molecule has 1 saturated heterocycles. The second-order valence-electron chi connectivity index (χ2n) is 6.61. The minimum absolute atomic E-state index is 0.0398. The Morgan fingerprint density at radius 2 is 1.71 bits per heavy atom. The third kappa shape index (κ3) is 4.02. The lowest BCUT2D eigenvalue weighted by Crippen LogP contribution is -2.54. The average molecular weight is 391 g/mol. The second kappa shape index (κ2) is 8.19. The SMILES string of the molecule is Cc1ccccc1N1C(=O)/C(=C/C=C/c2ccc(N(C)C)cc2)C(=O)NC1=S. The molecule has 0 aromatic heterocycles. The number of hydrogen-bond acceptors (Lipinski definition) is 4. The highest BCUT2D eigenvalue weighted by Crippen LogP contribution is 2.24. The van der Waals surface area contributed by atoms with Crippen LogP contribution in [0, 0.1) is 6.92 Å². The lowest BCUT2D eigenvalue weighted by Gasteiger charge is -2.29. The Balaban J connectivity index is 1.85. The van der Waals surface area contributed by atoms with Crippen LogP contribution in [-0.2, 0) is 9.59 Å². The molecule has 1 fully saturated rings. The maximum absolute atomic E-state index is 12.9. The molecule has 0 bridgehead atoms. The molecule has 28 heavy (non-hydrogen) atoms. The molecule has 0 radical (unpaired) electrons. The van der Waals surface area contributed by atoms with Gasteiger partial charge in [0.1, 0.15) is 5.57 Å². The molecule has 2 aromatic carbocycles. The fourth-order valence-electron chi connectivity index (χ4n) is 2.85. The normalized spacial score (nSPS) is 16.0. The number of anilines is 2. The lowest BCUT2D eigenvalue weighted by molar-refractivity contribution is -0.122. The molecule has 1 aliphatic rings. The van der Waals surface area contributed by atoms with Crippen LogP contribution in [0.25, 0.3) is 6.08 Å². The highest BCUT2D eigenvalue weighted by Gasteiger charge is 2.34. The van der Waals surface area contributed by atoms with Crippen LogP contribution in [0.2, 0.25) is 0 Å². The van der Waals surface area contributed by atoms with Crippen molar-refractivity contribution in [3.05, 3.63) is 77.4 Å². The van der Waals surface area contributed by atoms with Gasteiger partial charge in [0, 0.05) is 19.8 Å². The Hall–Kier alpha value is -3.25. The third-order valence-corrected chi connectivity index (χ3v) is 4.70. The van der Waals surface area contributed by atoms with Gasteiger partial charge in [-0.2, -0.15) is 0 Å². The van der Waals surface area contributed by atoms with Gasteiger partial charge >= 0.3 is 0 Å². The first-order valence-corrected chi connectivity index (χ1v) is 9.20. The average Bonchev–Trinajstić information content (AvgIpc) is 2.66. The van der Waals surface area contributed by atoms with E-state index >= 15 is 0 Å². The van der Waals surface area contributed by atoms with Crippen LogP contribution >= 0.6 is 12.2 Å². The zero-order chi connectivity index (χ0) is 20.3. The fourth-order valence-corrected chi connectivity index (χ4v) is 3.12. The van der Waals surface area contributed by atoms with Crippen molar-refractivity contribution in [1.82, 2.24) is 5.32 Å². The molecule has 142 valence electrons. The van der Waals surface area contributed by atoms with Crippen molar-refractivity contribution in [3.8, 4) is 0 Å². The van der Waals surface area contributed by atoms with Gasteiger partial charge in [0.2, 0.25) is 0 Å². The molecule has 0 atom stereocenters. The van der Waals surface area contributed by atoms with E-state index < -0.39 is 11.8 Å². The van der Waals surface area contributed by atoms with Gasteiger partial charge in [0.05, 0.1) is 5.69 Å². The molecular formula is C22H21N3O2S. The van der Waals surface area contributed by atoms with E-state index in [-0.39, 0.29) is 10.7 Å². The molecule has 1 N–H and O–H groups in total. The van der Waals surface area contributed by atoms with E-state index in [4.69, 9.17) is 12.2 Å². The van der Waals surface area contributed by atoms with Gasteiger partial charge < -0.3 is 4.90 Å². The van der Waals surface area contributed by atoms with E-state index in [1.54, 1.807) is 12.1 Å². The summed E-state index contributed by atoms with van der Waals surface area (Å²) in [5, 5.41) is 2.68. The summed E-state index contributed by atoms with van der Waals surface area (Å²) in [6.45, 7) is 1.89. The van der Waals surface area contributed by atoms with Crippen LogP contribution < -0.4 is 15.1 Å². The summed E-state index contributed by atoms with van der Waals surface area (Å²) < 4.78 is 0. The highest BCUT2D eigenvalue weighted by molar-refractivity contribution is 7.80. The molecule has 5 nitrogen and oxygen atoms in total. The largest absolute Gasteiger partial charge is 0.378 e. The summed E-state index contributed by atoms with van der Waals surface area (Å²) in [5.74, 6) is -0.928. The van der Waals surface area contributed by atoms with Crippen molar-refractivity contribution < 1.29 is 9.59 Å². The van der Waals surface area contributed by atoms with Gasteiger partial charge in [-0.25, -0.2) is 0 Å². The molecule has 6 heteroatoms. The number of amides is 2. The van der Waals surface area contributed by atoms with Crippen LogP contribution in [0.15, 0.2) is 66.3 Å². The Kier molecular flexibility index (Phi) is 5.70. The Bertz CT molecular complexity index is 991. The molecule has 0 saturated carbocycles. The van der Waals surface area contributed by atoms with Crippen LogP contribution in [-0.4, -0.2) is 31.0 Å². The summed E-state index contributed by atoms with van der Waals surface area (Å²) in [6.07, 6.45) is 5.06. The number of nitrogens with zero attached hydrogens (tertiary/aromatic N) is 2. The topological polar surface area (TPSA) is 52.7 Å². The van der Waals surface area contributed by atoms with Crippen molar-refractivity contribution >= 4 is 46.6 Å². The molecule has 0 aliphatic carbocycles. The molecule has 0 unspecified atom stereocenters. The quantitative estimate of drug-likeness (QED) is 0.493. The zero-order valence-corrected chi connectivity index (χ0v) is 16.8. The molecule has 0 spiro atoms. The van der Waals surface area contributed by atoms with Crippen molar-refractivity contribution in [2.75, 3.05) is 23.9 Å². The van der Waals surface area contributed by atoms with Gasteiger partial charge in [-0.05, 0) is 54.5 Å². The number of aryl methyl sites for hydroxylation is 1. The van der Waals surface area contributed by atoms with Crippen molar-refractivity contribution in [3.63, 3.8) is 0 Å². The lowest BCUT2D eigenvalue weighted by atomic mass is 10.1. The third-order valence-electron chi connectivity index (χ3n) is 4.42. The standard InChI is InChI=1S/C22H21N3O2S/c1-15-7-4-5-10-19(15)25-21(27)18(20(26)23-22(25)28)9-6-8-16-11-13-17(14-12-16)24(2)3/h4-14H,1-3H3,(H,23,26,28)/b8-6+,18-9+. The highest BCUT2D eigenvalue weighted by atomic mass is 32.1. The van der Waals surface area contributed by atoms with Crippen LogP contribution in [0.5, 0.6) is 0 Å².